The highest BCUT2D eigenvalue weighted by Gasteiger charge is 2.21. The van der Waals surface area contributed by atoms with Gasteiger partial charge in [0, 0.05) is 9.86 Å². The summed E-state index contributed by atoms with van der Waals surface area (Å²) in [5, 5.41) is 17.3. The minimum absolute atomic E-state index is 0.0589. The standard InChI is InChI=1S/C16H13BrN2O3/c17-12-3-1-2-11(7-12)16(22-9-21)15-13-6-10(8-20)4-5-14(13)18-19-15/h1-7,9,16,20H,8H2,(H,18,19). The summed E-state index contributed by atoms with van der Waals surface area (Å²) in [5.41, 5.74) is 3.01. The Bertz CT molecular complexity index is 816. The molecule has 2 N–H and O–H groups in total. The fourth-order valence-electron chi connectivity index (χ4n) is 2.41. The number of ether oxygens (including phenoxy) is 1. The Kier molecular flexibility index (Phi) is 4.22. The van der Waals surface area contributed by atoms with Gasteiger partial charge in [0.1, 0.15) is 5.69 Å². The van der Waals surface area contributed by atoms with Crippen LogP contribution in [0.2, 0.25) is 0 Å². The molecule has 1 aromatic heterocycles. The average molecular weight is 361 g/mol. The molecule has 2 aromatic carbocycles. The van der Waals surface area contributed by atoms with Gasteiger partial charge in [0.15, 0.2) is 6.10 Å². The van der Waals surface area contributed by atoms with Gasteiger partial charge in [0.25, 0.3) is 6.47 Å². The van der Waals surface area contributed by atoms with Crippen molar-refractivity contribution in [1.29, 1.82) is 0 Å². The topological polar surface area (TPSA) is 75.2 Å². The van der Waals surface area contributed by atoms with Gasteiger partial charge in [0.2, 0.25) is 0 Å². The van der Waals surface area contributed by atoms with E-state index in [1.165, 1.54) is 0 Å². The maximum absolute atomic E-state index is 10.9. The molecule has 0 saturated carbocycles. The van der Waals surface area contributed by atoms with E-state index in [1.54, 1.807) is 0 Å². The van der Waals surface area contributed by atoms with E-state index < -0.39 is 6.10 Å². The van der Waals surface area contributed by atoms with Crippen LogP contribution in [0.3, 0.4) is 0 Å². The Morgan fingerprint density at radius 2 is 2.18 bits per heavy atom. The molecule has 0 bridgehead atoms. The van der Waals surface area contributed by atoms with Gasteiger partial charge in [-0.1, -0.05) is 34.1 Å². The Morgan fingerprint density at radius 1 is 1.32 bits per heavy atom. The van der Waals surface area contributed by atoms with Gasteiger partial charge in [0.05, 0.1) is 12.1 Å². The van der Waals surface area contributed by atoms with Crippen molar-refractivity contribution in [2.24, 2.45) is 0 Å². The summed E-state index contributed by atoms with van der Waals surface area (Å²) in [6.45, 7) is 0.360. The second-order valence-corrected chi connectivity index (χ2v) is 5.73. The van der Waals surface area contributed by atoms with Crippen molar-refractivity contribution in [3.05, 3.63) is 63.8 Å². The summed E-state index contributed by atoms with van der Waals surface area (Å²) < 4.78 is 6.15. The number of carbonyl (C=O) groups is 1. The Labute approximate surface area is 135 Å². The molecule has 6 heteroatoms. The Balaban J connectivity index is 2.14. The molecular formula is C16H13BrN2O3. The highest BCUT2D eigenvalue weighted by Crippen LogP contribution is 2.31. The number of nitrogens with zero attached hydrogens (tertiary/aromatic N) is 1. The number of benzene rings is 2. The molecule has 0 saturated heterocycles. The molecule has 0 fully saturated rings. The van der Waals surface area contributed by atoms with E-state index in [9.17, 15) is 9.90 Å². The number of aromatic amines is 1. The number of aliphatic hydroxyl groups is 1. The summed E-state index contributed by atoms with van der Waals surface area (Å²) in [7, 11) is 0. The molecule has 0 aliphatic carbocycles. The first-order chi connectivity index (χ1) is 10.7. The van der Waals surface area contributed by atoms with E-state index in [0.717, 1.165) is 26.5 Å². The van der Waals surface area contributed by atoms with Crippen LogP contribution in [0.1, 0.15) is 22.9 Å². The number of nitrogens with one attached hydrogen (secondary N) is 1. The van der Waals surface area contributed by atoms with Crippen LogP contribution in [0.25, 0.3) is 10.9 Å². The fourth-order valence-corrected chi connectivity index (χ4v) is 2.82. The quantitative estimate of drug-likeness (QED) is 0.685. The highest BCUT2D eigenvalue weighted by atomic mass is 79.9. The van der Waals surface area contributed by atoms with Gasteiger partial charge in [-0.05, 0) is 35.4 Å². The van der Waals surface area contributed by atoms with Crippen LogP contribution >= 0.6 is 15.9 Å². The number of H-pyrrole nitrogens is 1. The number of halogens is 1. The number of rotatable bonds is 5. The lowest BCUT2D eigenvalue weighted by Crippen LogP contribution is -2.06. The van der Waals surface area contributed by atoms with Crippen LogP contribution in [0, 0.1) is 0 Å². The van der Waals surface area contributed by atoms with Gasteiger partial charge in [-0.3, -0.25) is 9.89 Å². The fraction of sp³-hybridized carbons (Fsp3) is 0.125. The molecular weight excluding hydrogens is 348 g/mol. The smallest absolute Gasteiger partial charge is 0.294 e. The number of hydrogen-bond acceptors (Lipinski definition) is 4. The van der Waals surface area contributed by atoms with Crippen LogP contribution in [0.15, 0.2) is 46.9 Å². The molecule has 1 heterocycles. The third kappa shape index (κ3) is 2.75. The lowest BCUT2D eigenvalue weighted by atomic mass is 10.0. The number of fused-ring (bicyclic) bond motifs is 1. The third-order valence-corrected chi connectivity index (χ3v) is 3.92. The summed E-state index contributed by atoms with van der Waals surface area (Å²) in [6, 6.07) is 13.0. The van der Waals surface area contributed by atoms with E-state index in [4.69, 9.17) is 4.74 Å². The lowest BCUT2D eigenvalue weighted by Gasteiger charge is -2.14. The van der Waals surface area contributed by atoms with Gasteiger partial charge in [-0.2, -0.15) is 5.10 Å². The van der Waals surface area contributed by atoms with Gasteiger partial charge in [-0.25, -0.2) is 0 Å². The van der Waals surface area contributed by atoms with Crippen LogP contribution in [-0.2, 0) is 16.1 Å². The largest absolute Gasteiger partial charge is 0.453 e. The lowest BCUT2D eigenvalue weighted by molar-refractivity contribution is -0.132. The number of aromatic nitrogens is 2. The molecule has 3 rings (SSSR count). The van der Waals surface area contributed by atoms with Crippen molar-refractivity contribution >= 4 is 33.3 Å². The predicted octanol–water partition coefficient (Wildman–Crippen LogP) is 3.08. The molecule has 1 atom stereocenters. The van der Waals surface area contributed by atoms with Crippen LogP contribution in [-0.4, -0.2) is 21.8 Å². The maximum atomic E-state index is 10.9. The summed E-state index contributed by atoms with van der Waals surface area (Å²) in [6.07, 6.45) is -0.613. The monoisotopic (exact) mass is 360 g/mol. The van der Waals surface area contributed by atoms with Gasteiger partial charge < -0.3 is 9.84 Å². The summed E-state index contributed by atoms with van der Waals surface area (Å²) in [5.74, 6) is 0. The first-order valence-corrected chi connectivity index (χ1v) is 7.44. The van der Waals surface area contributed by atoms with Crippen molar-refractivity contribution in [1.82, 2.24) is 10.2 Å². The first-order valence-electron chi connectivity index (χ1n) is 6.65. The van der Waals surface area contributed by atoms with E-state index in [-0.39, 0.29) is 6.61 Å². The number of aliphatic hydroxyl groups excluding tert-OH is 1. The molecule has 1 unspecified atom stereocenters. The molecule has 22 heavy (non-hydrogen) atoms. The minimum Gasteiger partial charge on any atom is -0.453 e. The normalized spacial score (nSPS) is 12.3. The SMILES string of the molecule is O=COC(c1cccc(Br)c1)c1n[nH]c2ccc(CO)cc12. The minimum atomic E-state index is -0.613. The highest BCUT2D eigenvalue weighted by molar-refractivity contribution is 9.10. The Hall–Kier alpha value is -2.18. The molecule has 0 radical (unpaired) electrons. The van der Waals surface area contributed by atoms with E-state index in [2.05, 4.69) is 26.1 Å². The van der Waals surface area contributed by atoms with Gasteiger partial charge in [-0.15, -0.1) is 0 Å². The number of hydrogen-bond donors (Lipinski definition) is 2. The average Bonchev–Trinajstić information content (AvgIpc) is 2.95. The van der Waals surface area contributed by atoms with Gasteiger partial charge >= 0.3 is 0 Å². The second kappa shape index (κ2) is 6.29. The van der Waals surface area contributed by atoms with Crippen LogP contribution < -0.4 is 0 Å². The third-order valence-electron chi connectivity index (χ3n) is 3.43. The zero-order valence-corrected chi connectivity index (χ0v) is 13.1. The van der Waals surface area contributed by atoms with Crippen molar-refractivity contribution in [2.45, 2.75) is 12.7 Å². The molecule has 5 nitrogen and oxygen atoms in total. The van der Waals surface area contributed by atoms with Crippen molar-refractivity contribution in [3.8, 4) is 0 Å². The zero-order chi connectivity index (χ0) is 15.5. The van der Waals surface area contributed by atoms with Crippen molar-refractivity contribution in [3.63, 3.8) is 0 Å². The van der Waals surface area contributed by atoms with E-state index in [1.807, 2.05) is 42.5 Å². The van der Waals surface area contributed by atoms with Crippen LogP contribution in [0.5, 0.6) is 0 Å². The molecule has 3 aromatic rings. The number of carbonyl (C=O) groups excluding carboxylic acids is 1. The van der Waals surface area contributed by atoms with E-state index in [0.29, 0.717) is 12.2 Å². The van der Waals surface area contributed by atoms with Crippen molar-refractivity contribution in [2.75, 3.05) is 0 Å². The predicted molar refractivity (Wildman–Crippen MR) is 85.2 cm³/mol. The van der Waals surface area contributed by atoms with Crippen molar-refractivity contribution < 1.29 is 14.6 Å². The molecule has 0 aliphatic rings. The first kappa shape index (κ1) is 14.7. The molecule has 0 aliphatic heterocycles. The van der Waals surface area contributed by atoms with E-state index >= 15 is 0 Å². The second-order valence-electron chi connectivity index (χ2n) is 4.81. The summed E-state index contributed by atoms with van der Waals surface area (Å²) in [4.78, 5) is 10.9. The van der Waals surface area contributed by atoms with Crippen LogP contribution in [0.4, 0.5) is 0 Å². The Morgan fingerprint density at radius 3 is 2.91 bits per heavy atom. The maximum Gasteiger partial charge on any atom is 0.294 e. The summed E-state index contributed by atoms with van der Waals surface area (Å²) >= 11 is 3.41. The zero-order valence-electron chi connectivity index (χ0n) is 11.5. The molecule has 0 amide bonds. The molecule has 112 valence electrons. The molecule has 0 spiro atoms.